The van der Waals surface area contributed by atoms with Gasteiger partial charge in [-0.25, -0.2) is 0 Å². The quantitative estimate of drug-likeness (QED) is 0.642. The number of hydrogen-bond acceptors (Lipinski definition) is 3. The number of nitrogens with one attached hydrogen (secondary N) is 1. The maximum absolute atomic E-state index is 9.77. The first-order chi connectivity index (χ1) is 6.97. The first-order valence-corrected chi connectivity index (χ1v) is 6.06. The number of aliphatic hydroxyl groups is 1. The van der Waals surface area contributed by atoms with Crippen molar-refractivity contribution in [3.05, 3.63) is 0 Å². The van der Waals surface area contributed by atoms with E-state index < -0.39 is 0 Å². The molecule has 0 aliphatic carbocycles. The molecule has 0 aliphatic heterocycles. The van der Waals surface area contributed by atoms with E-state index in [9.17, 15) is 5.11 Å². The summed E-state index contributed by atoms with van der Waals surface area (Å²) in [6.45, 7) is 11.1. The highest BCUT2D eigenvalue weighted by molar-refractivity contribution is 4.68. The van der Waals surface area contributed by atoms with Crippen molar-refractivity contribution in [1.82, 2.24) is 10.2 Å². The predicted molar refractivity (Wildman–Crippen MR) is 66.1 cm³/mol. The molecule has 0 aromatic rings. The molecule has 0 spiro atoms. The highest BCUT2D eigenvalue weighted by Crippen LogP contribution is 2.00. The second-order valence-corrected chi connectivity index (χ2v) is 4.90. The van der Waals surface area contributed by atoms with Crippen LogP contribution >= 0.6 is 0 Å². The van der Waals surface area contributed by atoms with Crippen molar-refractivity contribution in [2.75, 3.05) is 26.7 Å². The van der Waals surface area contributed by atoms with Gasteiger partial charge in [0.05, 0.1) is 6.10 Å². The van der Waals surface area contributed by atoms with Gasteiger partial charge in [-0.05, 0) is 32.9 Å². The number of rotatable bonds is 8. The van der Waals surface area contributed by atoms with E-state index >= 15 is 0 Å². The van der Waals surface area contributed by atoms with Crippen LogP contribution in [0.3, 0.4) is 0 Å². The van der Waals surface area contributed by atoms with Gasteiger partial charge in [-0.3, -0.25) is 0 Å². The second kappa shape index (κ2) is 8.08. The molecule has 3 nitrogen and oxygen atoms in total. The van der Waals surface area contributed by atoms with Crippen LogP contribution in [-0.4, -0.2) is 48.8 Å². The Labute approximate surface area is 94.9 Å². The van der Waals surface area contributed by atoms with Gasteiger partial charge in [-0.15, -0.1) is 0 Å². The molecule has 0 bridgehead atoms. The third kappa shape index (κ3) is 7.77. The molecule has 15 heavy (non-hydrogen) atoms. The van der Waals surface area contributed by atoms with Crippen molar-refractivity contribution in [2.24, 2.45) is 5.92 Å². The van der Waals surface area contributed by atoms with Crippen LogP contribution in [0.4, 0.5) is 0 Å². The molecule has 0 rings (SSSR count). The highest BCUT2D eigenvalue weighted by atomic mass is 16.3. The van der Waals surface area contributed by atoms with Crippen molar-refractivity contribution in [2.45, 2.75) is 46.3 Å². The van der Waals surface area contributed by atoms with E-state index in [-0.39, 0.29) is 6.10 Å². The van der Waals surface area contributed by atoms with Gasteiger partial charge >= 0.3 is 0 Å². The van der Waals surface area contributed by atoms with E-state index in [0.717, 1.165) is 19.5 Å². The van der Waals surface area contributed by atoms with Gasteiger partial charge in [-0.2, -0.15) is 0 Å². The first kappa shape index (κ1) is 14.9. The second-order valence-electron chi connectivity index (χ2n) is 4.90. The van der Waals surface area contributed by atoms with Crippen LogP contribution < -0.4 is 5.32 Å². The Kier molecular flexibility index (Phi) is 8.02. The molecular formula is C12H28N2O. The molecule has 2 N–H and O–H groups in total. The van der Waals surface area contributed by atoms with Gasteiger partial charge in [0.2, 0.25) is 0 Å². The summed E-state index contributed by atoms with van der Waals surface area (Å²) in [5.74, 6) is 0.643. The van der Waals surface area contributed by atoms with E-state index in [2.05, 4.69) is 45.0 Å². The number of nitrogens with zero attached hydrogens (tertiary/aromatic N) is 1. The van der Waals surface area contributed by atoms with Gasteiger partial charge in [0.15, 0.2) is 0 Å². The summed E-state index contributed by atoms with van der Waals surface area (Å²) in [6.07, 6.45) is 0.866. The van der Waals surface area contributed by atoms with E-state index in [4.69, 9.17) is 0 Å². The topological polar surface area (TPSA) is 35.5 Å². The Morgan fingerprint density at radius 1 is 1.20 bits per heavy atom. The van der Waals surface area contributed by atoms with Gasteiger partial charge in [0.1, 0.15) is 0 Å². The normalized spacial score (nSPS) is 16.0. The fourth-order valence-corrected chi connectivity index (χ4v) is 1.43. The van der Waals surface area contributed by atoms with Crippen molar-refractivity contribution in [3.8, 4) is 0 Å². The van der Waals surface area contributed by atoms with Gasteiger partial charge < -0.3 is 15.3 Å². The SMILES string of the molecule is CCC(C)N(C)CC(O)CNCC(C)C. The van der Waals surface area contributed by atoms with Crippen LogP contribution in [0.15, 0.2) is 0 Å². The lowest BCUT2D eigenvalue weighted by atomic mass is 10.2. The molecule has 0 fully saturated rings. The van der Waals surface area contributed by atoms with Crippen molar-refractivity contribution >= 4 is 0 Å². The Morgan fingerprint density at radius 2 is 1.80 bits per heavy atom. The zero-order valence-corrected chi connectivity index (χ0v) is 11.0. The summed E-state index contributed by atoms with van der Waals surface area (Å²) in [5.41, 5.74) is 0. The molecular weight excluding hydrogens is 188 g/mol. The summed E-state index contributed by atoms with van der Waals surface area (Å²) in [7, 11) is 2.07. The fourth-order valence-electron chi connectivity index (χ4n) is 1.43. The predicted octanol–water partition coefficient (Wildman–Crippen LogP) is 1.32. The van der Waals surface area contributed by atoms with Gasteiger partial charge in [-0.1, -0.05) is 20.8 Å². The van der Waals surface area contributed by atoms with Crippen molar-refractivity contribution in [3.63, 3.8) is 0 Å². The molecule has 0 saturated carbocycles. The number of hydrogen-bond donors (Lipinski definition) is 2. The van der Waals surface area contributed by atoms with Gasteiger partial charge in [0.25, 0.3) is 0 Å². The first-order valence-electron chi connectivity index (χ1n) is 6.06. The van der Waals surface area contributed by atoms with Crippen LogP contribution in [0.1, 0.15) is 34.1 Å². The van der Waals surface area contributed by atoms with Crippen LogP contribution in [0.5, 0.6) is 0 Å². The Hall–Kier alpha value is -0.120. The molecule has 3 heteroatoms. The summed E-state index contributed by atoms with van der Waals surface area (Å²) in [5, 5.41) is 13.0. The Morgan fingerprint density at radius 3 is 2.27 bits per heavy atom. The van der Waals surface area contributed by atoms with E-state index in [0.29, 0.717) is 18.5 Å². The third-order valence-electron chi connectivity index (χ3n) is 2.77. The lowest BCUT2D eigenvalue weighted by Gasteiger charge is -2.26. The molecule has 0 radical (unpaired) electrons. The number of likely N-dealkylation sites (N-methyl/N-ethyl adjacent to an activating group) is 1. The Balaban J connectivity index is 3.59. The third-order valence-corrected chi connectivity index (χ3v) is 2.77. The summed E-state index contributed by atoms with van der Waals surface area (Å²) >= 11 is 0. The smallest absolute Gasteiger partial charge is 0.0791 e. The van der Waals surface area contributed by atoms with Crippen molar-refractivity contribution in [1.29, 1.82) is 0 Å². The molecule has 0 aliphatic rings. The average molecular weight is 216 g/mol. The highest BCUT2D eigenvalue weighted by Gasteiger charge is 2.11. The minimum absolute atomic E-state index is 0.261. The van der Waals surface area contributed by atoms with Crippen LogP contribution in [-0.2, 0) is 0 Å². The zero-order valence-electron chi connectivity index (χ0n) is 11.0. The van der Waals surface area contributed by atoms with Crippen LogP contribution in [0.25, 0.3) is 0 Å². The molecule has 0 heterocycles. The monoisotopic (exact) mass is 216 g/mol. The standard InChI is InChI=1S/C12H28N2O/c1-6-11(4)14(5)9-12(15)8-13-7-10(2)3/h10-13,15H,6-9H2,1-5H3. The number of aliphatic hydroxyl groups excluding tert-OH is 1. The lowest BCUT2D eigenvalue weighted by Crippen LogP contribution is -2.40. The van der Waals surface area contributed by atoms with Gasteiger partial charge in [0, 0.05) is 19.1 Å². The largest absolute Gasteiger partial charge is 0.390 e. The molecule has 0 amide bonds. The zero-order chi connectivity index (χ0) is 11.8. The van der Waals surface area contributed by atoms with E-state index in [1.54, 1.807) is 0 Å². The molecule has 92 valence electrons. The lowest BCUT2D eigenvalue weighted by molar-refractivity contribution is 0.105. The van der Waals surface area contributed by atoms with Crippen LogP contribution in [0, 0.1) is 5.92 Å². The van der Waals surface area contributed by atoms with E-state index in [1.165, 1.54) is 0 Å². The molecule has 2 atom stereocenters. The maximum Gasteiger partial charge on any atom is 0.0791 e. The molecule has 2 unspecified atom stereocenters. The van der Waals surface area contributed by atoms with Crippen LogP contribution in [0.2, 0.25) is 0 Å². The minimum atomic E-state index is -0.261. The van der Waals surface area contributed by atoms with Crippen molar-refractivity contribution < 1.29 is 5.11 Å². The maximum atomic E-state index is 9.77. The Bertz CT molecular complexity index is 151. The summed E-state index contributed by atoms with van der Waals surface area (Å²) in [4.78, 5) is 2.21. The summed E-state index contributed by atoms with van der Waals surface area (Å²) < 4.78 is 0. The summed E-state index contributed by atoms with van der Waals surface area (Å²) in [6, 6.07) is 0.546. The van der Waals surface area contributed by atoms with E-state index in [1.807, 2.05) is 0 Å². The molecule has 0 saturated heterocycles. The fraction of sp³-hybridized carbons (Fsp3) is 1.00. The molecule has 0 aromatic heterocycles. The average Bonchev–Trinajstić information content (AvgIpc) is 2.15. The minimum Gasteiger partial charge on any atom is -0.390 e. The molecule has 0 aromatic carbocycles.